The zero-order chi connectivity index (χ0) is 23.5. The first-order valence-corrected chi connectivity index (χ1v) is 11.2. The van der Waals surface area contributed by atoms with Gasteiger partial charge in [-0.05, 0) is 48.3 Å². The average Bonchev–Trinajstić information content (AvgIpc) is 3.14. The molecule has 0 radical (unpaired) electrons. The van der Waals surface area contributed by atoms with E-state index in [9.17, 15) is 20.0 Å². The minimum absolute atomic E-state index is 0. The van der Waals surface area contributed by atoms with Crippen LogP contribution in [0, 0.1) is 10.1 Å². The molecule has 0 aliphatic heterocycles. The summed E-state index contributed by atoms with van der Waals surface area (Å²) >= 11 is 1.14. The number of fused-ring (bicyclic) bond motifs is 1. The van der Waals surface area contributed by atoms with Crippen molar-refractivity contribution in [1.29, 1.82) is 0 Å². The van der Waals surface area contributed by atoms with E-state index in [0.717, 1.165) is 35.9 Å². The molecule has 3 rings (SSSR count). The van der Waals surface area contributed by atoms with Crippen LogP contribution < -0.4 is 51.0 Å². The number of hydrogen-bond acceptors (Lipinski definition) is 9. The van der Waals surface area contributed by atoms with Crippen molar-refractivity contribution in [3.63, 3.8) is 0 Å². The number of anilines is 3. The van der Waals surface area contributed by atoms with E-state index in [1.54, 1.807) is 6.07 Å². The molecule has 0 saturated carbocycles. The molecular weight excluding hydrogens is 453 g/mol. The van der Waals surface area contributed by atoms with Gasteiger partial charge in [-0.3, -0.25) is 10.1 Å². The molecule has 9 nitrogen and oxygen atoms in total. The number of hydrogen-bond donors (Lipinski definition) is 2. The molecule has 1 heterocycles. The Morgan fingerprint density at radius 3 is 2.39 bits per heavy atom. The quantitative estimate of drug-likeness (QED) is 0.140. The van der Waals surface area contributed by atoms with Gasteiger partial charge >= 0.3 is 29.6 Å². The summed E-state index contributed by atoms with van der Waals surface area (Å²) in [6.07, 6.45) is 4.72. The Morgan fingerprint density at radius 1 is 1.09 bits per heavy atom. The maximum Gasteiger partial charge on any atom is 1.00 e. The van der Waals surface area contributed by atoms with Crippen molar-refractivity contribution >= 4 is 50.5 Å². The molecule has 0 bridgehead atoms. The van der Waals surface area contributed by atoms with E-state index < -0.39 is 10.9 Å². The molecule has 11 heteroatoms. The zero-order valence-electron chi connectivity index (χ0n) is 19.0. The van der Waals surface area contributed by atoms with Crippen molar-refractivity contribution in [3.05, 3.63) is 52.6 Å². The predicted molar refractivity (Wildman–Crippen MR) is 128 cm³/mol. The van der Waals surface area contributed by atoms with Crippen LogP contribution in [0.2, 0.25) is 0 Å². The zero-order valence-corrected chi connectivity index (χ0v) is 21.8. The number of carboxylic acids is 1. The largest absolute Gasteiger partial charge is 1.00 e. The number of unbranched alkanes of at least 4 members (excludes halogenated alkanes) is 3. The molecule has 33 heavy (non-hydrogen) atoms. The number of aliphatic carboxylic acids is 1. The Morgan fingerprint density at radius 2 is 1.79 bits per heavy atom. The molecule has 0 saturated heterocycles. The Bertz CT molecular complexity index is 1030. The molecule has 2 aromatic carbocycles. The van der Waals surface area contributed by atoms with Gasteiger partial charge in [-0.1, -0.05) is 26.2 Å². The Hall–Kier alpha value is -2.40. The van der Waals surface area contributed by atoms with Crippen molar-refractivity contribution in [2.24, 2.45) is 0 Å². The summed E-state index contributed by atoms with van der Waals surface area (Å²) in [5.74, 6) is -1.01. The number of nitrogen functional groups attached to an aromatic ring is 2. The van der Waals surface area contributed by atoms with Crippen LogP contribution in [0.1, 0.15) is 39.0 Å². The number of carboxylic acid groups (broad SMARTS) is 1. The van der Waals surface area contributed by atoms with Crippen LogP contribution in [-0.2, 0) is 4.79 Å². The van der Waals surface area contributed by atoms with E-state index in [1.807, 2.05) is 24.3 Å². The van der Waals surface area contributed by atoms with Crippen molar-refractivity contribution in [3.8, 4) is 0 Å². The van der Waals surface area contributed by atoms with Crippen LogP contribution in [0.5, 0.6) is 0 Å². The number of rotatable bonds is 10. The fourth-order valence-electron chi connectivity index (χ4n) is 3.07. The number of non-ortho nitro benzene ring substituents is 1. The van der Waals surface area contributed by atoms with E-state index in [4.69, 9.17) is 11.5 Å². The summed E-state index contributed by atoms with van der Waals surface area (Å²) < 4.78 is 4.01. The van der Waals surface area contributed by atoms with Gasteiger partial charge in [-0.2, -0.15) is 4.37 Å². The van der Waals surface area contributed by atoms with Gasteiger partial charge in [0, 0.05) is 54.4 Å². The molecule has 0 amide bonds. The minimum Gasteiger partial charge on any atom is -0.550 e. The molecule has 0 spiro atoms. The van der Waals surface area contributed by atoms with Crippen LogP contribution in [-0.4, -0.2) is 28.4 Å². The summed E-state index contributed by atoms with van der Waals surface area (Å²) in [6.45, 7) is 3.53. The van der Waals surface area contributed by atoms with Gasteiger partial charge in [0.05, 0.1) is 10.4 Å². The molecule has 0 atom stereocenters. The second-order valence-corrected chi connectivity index (χ2v) is 8.07. The molecule has 4 N–H and O–H groups in total. The second-order valence-electron chi connectivity index (χ2n) is 7.27. The van der Waals surface area contributed by atoms with Crippen LogP contribution in [0.4, 0.5) is 22.1 Å². The number of benzene rings is 2. The number of nitrogens with zero attached hydrogens (tertiary/aromatic N) is 3. The van der Waals surface area contributed by atoms with E-state index >= 15 is 0 Å². The fraction of sp³-hybridized carbons (Fsp3) is 0.364. The molecule has 3 aromatic rings. The number of carbonyl (C=O) groups is 1. The average molecular weight is 482 g/mol. The first kappa shape index (κ1) is 28.6. The Labute approximate surface area is 219 Å². The van der Waals surface area contributed by atoms with Crippen LogP contribution in [0.3, 0.4) is 0 Å². The normalized spacial score (nSPS) is 10.1. The van der Waals surface area contributed by atoms with Crippen LogP contribution in [0.15, 0.2) is 42.5 Å². The Kier molecular flexibility index (Phi) is 12.7. The second kappa shape index (κ2) is 14.7. The summed E-state index contributed by atoms with van der Waals surface area (Å²) in [6, 6.07) is 12.0. The number of nitrogens with two attached hydrogens (primary N) is 2. The molecule has 1 aromatic heterocycles. The van der Waals surface area contributed by atoms with Crippen molar-refractivity contribution < 1.29 is 44.4 Å². The Balaban J connectivity index is 0.000000339. The van der Waals surface area contributed by atoms with Crippen molar-refractivity contribution in [1.82, 2.24) is 4.37 Å². The van der Waals surface area contributed by atoms with E-state index in [-0.39, 0.29) is 41.7 Å². The third kappa shape index (κ3) is 9.55. The third-order valence-electron chi connectivity index (χ3n) is 4.82. The maximum atomic E-state index is 10.6. The first-order chi connectivity index (χ1) is 15.3. The summed E-state index contributed by atoms with van der Waals surface area (Å²) in [5, 5.41) is 22.2. The van der Waals surface area contributed by atoms with Gasteiger partial charge in [-0.15, -0.1) is 0 Å². The standard InChI is InChI=1S/C15H24N2O2.C7H5N3O2S.Na/c1-2-3-4-5-11-17(12-10-15(18)19)14-8-6-13(16)7-9-14;8-7-5-3-4(10(11)12)1-2-6(5)9-13-7;/h6-9H,2-5,10-12,16H2,1H3,(H,18,19);1-3H,8H2;/q;;+1/p-1. The maximum absolute atomic E-state index is 10.6. The van der Waals surface area contributed by atoms with Crippen LogP contribution >= 0.6 is 11.5 Å². The number of aromatic nitrogens is 1. The third-order valence-corrected chi connectivity index (χ3v) is 5.53. The van der Waals surface area contributed by atoms with Gasteiger partial charge in [0.2, 0.25) is 0 Å². The number of nitro benzene ring substituents is 1. The molecule has 0 aliphatic rings. The molecule has 172 valence electrons. The van der Waals surface area contributed by atoms with Gasteiger partial charge in [0.25, 0.3) is 5.69 Å². The summed E-state index contributed by atoms with van der Waals surface area (Å²) in [4.78, 5) is 22.7. The van der Waals surface area contributed by atoms with Gasteiger partial charge < -0.3 is 26.3 Å². The smallest absolute Gasteiger partial charge is 0.550 e. The minimum atomic E-state index is -1.01. The first-order valence-electron chi connectivity index (χ1n) is 10.4. The monoisotopic (exact) mass is 481 g/mol. The molecular formula is C22H28N5NaO4S. The topological polar surface area (TPSA) is 151 Å². The number of carbonyl (C=O) groups excluding carboxylic acids is 1. The summed E-state index contributed by atoms with van der Waals surface area (Å²) in [7, 11) is 0. The van der Waals surface area contributed by atoms with Gasteiger partial charge in [0.15, 0.2) is 0 Å². The predicted octanol–water partition coefficient (Wildman–Crippen LogP) is 0.586. The molecule has 0 aliphatic carbocycles. The van der Waals surface area contributed by atoms with Gasteiger partial charge in [0.1, 0.15) is 5.00 Å². The molecule has 0 unspecified atom stereocenters. The van der Waals surface area contributed by atoms with Gasteiger partial charge in [-0.25, -0.2) is 0 Å². The van der Waals surface area contributed by atoms with Crippen LogP contribution in [0.25, 0.3) is 10.9 Å². The van der Waals surface area contributed by atoms with Crippen molar-refractivity contribution in [2.45, 2.75) is 39.0 Å². The SMILES string of the molecule is CCCCCCN(CCC(=O)[O-])c1ccc(N)cc1.Nc1snc2ccc([N+](=O)[O-])cc12.[Na+]. The van der Waals surface area contributed by atoms with E-state index in [0.29, 0.717) is 22.4 Å². The summed E-state index contributed by atoms with van der Waals surface area (Å²) in [5.41, 5.74) is 13.7. The fourth-order valence-corrected chi connectivity index (χ4v) is 3.69. The van der Waals surface area contributed by atoms with Crippen molar-refractivity contribution in [2.75, 3.05) is 29.5 Å². The number of nitro groups is 1. The molecule has 0 fully saturated rings. The van der Waals surface area contributed by atoms with E-state index in [2.05, 4.69) is 16.2 Å². The van der Waals surface area contributed by atoms with E-state index in [1.165, 1.54) is 31.4 Å².